The van der Waals surface area contributed by atoms with Crippen LogP contribution in [0.1, 0.15) is 12.5 Å². The van der Waals surface area contributed by atoms with Gasteiger partial charge < -0.3 is 10.3 Å². The van der Waals surface area contributed by atoms with Crippen molar-refractivity contribution < 1.29 is 8.91 Å². The first-order valence-electron chi connectivity index (χ1n) is 4.82. The Morgan fingerprint density at radius 1 is 1.44 bits per heavy atom. The summed E-state index contributed by atoms with van der Waals surface area (Å²) in [6, 6.07) is 4.77. The van der Waals surface area contributed by atoms with Crippen LogP contribution in [0.5, 0.6) is 0 Å². The summed E-state index contributed by atoms with van der Waals surface area (Å²) in [4.78, 5) is 0. The predicted molar refractivity (Wildman–Crippen MR) is 60.7 cm³/mol. The van der Waals surface area contributed by atoms with Crippen molar-refractivity contribution in [1.82, 2.24) is 5.16 Å². The van der Waals surface area contributed by atoms with Crippen LogP contribution in [0.3, 0.4) is 0 Å². The van der Waals surface area contributed by atoms with Gasteiger partial charge in [-0.05, 0) is 24.1 Å². The SMILES string of the molecule is CCc1cc(-c2cc(N)on2)cc(Cl)c1F. The van der Waals surface area contributed by atoms with Crippen LogP contribution in [0.25, 0.3) is 11.3 Å². The minimum Gasteiger partial charge on any atom is -0.368 e. The lowest BCUT2D eigenvalue weighted by Crippen LogP contribution is -1.91. The van der Waals surface area contributed by atoms with Gasteiger partial charge in [-0.15, -0.1) is 0 Å². The van der Waals surface area contributed by atoms with Gasteiger partial charge in [-0.25, -0.2) is 4.39 Å². The Bertz CT molecular complexity index is 525. The summed E-state index contributed by atoms with van der Waals surface area (Å²) in [5.41, 5.74) is 7.21. The number of anilines is 1. The van der Waals surface area contributed by atoms with Crippen molar-refractivity contribution in [2.75, 3.05) is 5.73 Å². The molecule has 0 amide bonds. The highest BCUT2D eigenvalue weighted by molar-refractivity contribution is 6.31. The van der Waals surface area contributed by atoms with Crippen molar-refractivity contribution in [2.24, 2.45) is 0 Å². The third-order valence-corrected chi connectivity index (χ3v) is 2.58. The Hall–Kier alpha value is -1.55. The number of hydrogen-bond acceptors (Lipinski definition) is 3. The summed E-state index contributed by atoms with van der Waals surface area (Å²) >= 11 is 5.79. The zero-order valence-electron chi connectivity index (χ0n) is 8.63. The molecular weight excluding hydrogens is 231 g/mol. The summed E-state index contributed by atoms with van der Waals surface area (Å²) in [6.45, 7) is 1.86. The topological polar surface area (TPSA) is 52.0 Å². The van der Waals surface area contributed by atoms with E-state index in [9.17, 15) is 4.39 Å². The first-order chi connectivity index (χ1) is 7.61. The standard InChI is InChI=1S/C11H10ClFN2O/c1-2-6-3-7(4-8(12)11(6)13)9-5-10(14)16-15-9/h3-5H,2,14H2,1H3. The quantitative estimate of drug-likeness (QED) is 0.876. The Labute approximate surface area is 97.0 Å². The maximum atomic E-state index is 13.5. The number of aryl methyl sites for hydroxylation is 1. The molecule has 2 aromatic rings. The third kappa shape index (κ3) is 1.88. The third-order valence-electron chi connectivity index (χ3n) is 2.31. The first-order valence-corrected chi connectivity index (χ1v) is 5.20. The Morgan fingerprint density at radius 3 is 2.75 bits per heavy atom. The molecule has 0 atom stereocenters. The van der Waals surface area contributed by atoms with Gasteiger partial charge in [0, 0.05) is 11.6 Å². The van der Waals surface area contributed by atoms with Gasteiger partial charge >= 0.3 is 0 Å². The van der Waals surface area contributed by atoms with Crippen molar-refractivity contribution >= 4 is 17.5 Å². The molecule has 0 fully saturated rings. The molecule has 1 aromatic heterocycles. The molecule has 0 radical (unpaired) electrons. The zero-order chi connectivity index (χ0) is 11.7. The number of nitrogens with zero attached hydrogens (tertiary/aromatic N) is 1. The fraction of sp³-hybridized carbons (Fsp3) is 0.182. The number of nitrogen functional groups attached to an aromatic ring is 1. The summed E-state index contributed by atoms with van der Waals surface area (Å²) in [5, 5.41) is 3.83. The van der Waals surface area contributed by atoms with Crippen molar-refractivity contribution in [3.05, 3.63) is 34.6 Å². The van der Waals surface area contributed by atoms with Crippen LogP contribution >= 0.6 is 11.6 Å². The number of rotatable bonds is 2. The maximum absolute atomic E-state index is 13.5. The monoisotopic (exact) mass is 240 g/mol. The molecule has 5 heteroatoms. The molecule has 2 rings (SSSR count). The second kappa shape index (κ2) is 4.14. The van der Waals surface area contributed by atoms with Gasteiger partial charge in [0.1, 0.15) is 11.5 Å². The molecule has 2 N–H and O–H groups in total. The van der Waals surface area contributed by atoms with E-state index in [1.54, 1.807) is 12.1 Å². The van der Waals surface area contributed by atoms with Gasteiger partial charge in [0.15, 0.2) is 0 Å². The van der Waals surface area contributed by atoms with E-state index in [0.717, 1.165) is 0 Å². The molecule has 0 saturated heterocycles. The number of halogens is 2. The summed E-state index contributed by atoms with van der Waals surface area (Å²) in [6.07, 6.45) is 0.562. The van der Waals surface area contributed by atoms with Gasteiger partial charge in [-0.3, -0.25) is 0 Å². The van der Waals surface area contributed by atoms with Gasteiger partial charge in [0.25, 0.3) is 0 Å². The fourth-order valence-electron chi connectivity index (χ4n) is 1.48. The molecule has 0 aliphatic rings. The van der Waals surface area contributed by atoms with E-state index >= 15 is 0 Å². The molecule has 0 unspecified atom stereocenters. The van der Waals surface area contributed by atoms with Crippen molar-refractivity contribution in [1.29, 1.82) is 0 Å². The molecule has 0 bridgehead atoms. The molecule has 0 aliphatic carbocycles. The lowest BCUT2D eigenvalue weighted by molar-refractivity contribution is 0.439. The van der Waals surface area contributed by atoms with Crippen LogP contribution in [0.2, 0.25) is 5.02 Å². The molecule has 84 valence electrons. The summed E-state index contributed by atoms with van der Waals surface area (Å²) < 4.78 is 18.3. The highest BCUT2D eigenvalue weighted by atomic mass is 35.5. The first kappa shape index (κ1) is 11.0. The van der Waals surface area contributed by atoms with E-state index in [1.807, 2.05) is 6.92 Å². The van der Waals surface area contributed by atoms with E-state index in [1.165, 1.54) is 6.07 Å². The average molecular weight is 241 g/mol. The van der Waals surface area contributed by atoms with Gasteiger partial charge in [0.2, 0.25) is 5.88 Å². The normalized spacial score (nSPS) is 10.7. The lowest BCUT2D eigenvalue weighted by Gasteiger charge is -2.04. The number of nitrogens with two attached hydrogens (primary N) is 1. The Kier molecular flexibility index (Phi) is 2.83. The van der Waals surface area contributed by atoms with E-state index in [0.29, 0.717) is 23.2 Å². The van der Waals surface area contributed by atoms with E-state index in [4.69, 9.17) is 21.9 Å². The minimum atomic E-state index is -0.385. The smallest absolute Gasteiger partial charge is 0.222 e. The fourth-order valence-corrected chi connectivity index (χ4v) is 1.72. The van der Waals surface area contributed by atoms with Crippen molar-refractivity contribution in [2.45, 2.75) is 13.3 Å². The largest absolute Gasteiger partial charge is 0.368 e. The second-order valence-electron chi connectivity index (χ2n) is 3.40. The zero-order valence-corrected chi connectivity index (χ0v) is 9.38. The second-order valence-corrected chi connectivity index (χ2v) is 3.81. The predicted octanol–water partition coefficient (Wildman–Crippen LogP) is 3.28. The van der Waals surface area contributed by atoms with Crippen molar-refractivity contribution in [3.63, 3.8) is 0 Å². The molecular formula is C11H10ClFN2O. The van der Waals surface area contributed by atoms with Crippen LogP contribution in [-0.2, 0) is 6.42 Å². The Morgan fingerprint density at radius 2 is 2.19 bits per heavy atom. The van der Waals surface area contributed by atoms with Gasteiger partial charge in [0.05, 0.1) is 5.02 Å². The molecule has 3 nitrogen and oxygen atoms in total. The maximum Gasteiger partial charge on any atom is 0.222 e. The highest BCUT2D eigenvalue weighted by Gasteiger charge is 2.11. The van der Waals surface area contributed by atoms with Crippen LogP contribution in [0, 0.1) is 5.82 Å². The van der Waals surface area contributed by atoms with Crippen LogP contribution in [0.4, 0.5) is 10.3 Å². The molecule has 16 heavy (non-hydrogen) atoms. The summed E-state index contributed by atoms with van der Waals surface area (Å²) in [5.74, 6) is -0.169. The van der Waals surface area contributed by atoms with E-state index < -0.39 is 0 Å². The van der Waals surface area contributed by atoms with Crippen LogP contribution in [-0.4, -0.2) is 5.16 Å². The number of hydrogen-bond donors (Lipinski definition) is 1. The molecule has 0 spiro atoms. The van der Waals surface area contributed by atoms with Crippen LogP contribution < -0.4 is 5.73 Å². The van der Waals surface area contributed by atoms with Gasteiger partial charge in [-0.1, -0.05) is 23.7 Å². The van der Waals surface area contributed by atoms with E-state index in [2.05, 4.69) is 5.16 Å². The minimum absolute atomic E-state index is 0.0796. The Balaban J connectivity index is 2.54. The molecule has 1 aromatic carbocycles. The molecule has 1 heterocycles. The highest BCUT2D eigenvalue weighted by Crippen LogP contribution is 2.28. The summed E-state index contributed by atoms with van der Waals surface area (Å²) in [7, 11) is 0. The van der Waals surface area contributed by atoms with Gasteiger partial charge in [-0.2, -0.15) is 0 Å². The van der Waals surface area contributed by atoms with Crippen LogP contribution in [0.15, 0.2) is 22.7 Å². The lowest BCUT2D eigenvalue weighted by atomic mass is 10.1. The van der Waals surface area contributed by atoms with E-state index in [-0.39, 0.29) is 16.7 Å². The average Bonchev–Trinajstić information content (AvgIpc) is 2.69. The number of benzene rings is 1. The molecule has 0 saturated carbocycles. The molecule has 0 aliphatic heterocycles. The van der Waals surface area contributed by atoms with Crippen molar-refractivity contribution in [3.8, 4) is 11.3 Å². The number of aromatic nitrogens is 1.